The number of hydrogen-bond acceptors (Lipinski definition) is 3. The second-order valence-corrected chi connectivity index (χ2v) is 2.62. The number of nitriles is 1. The molecule has 0 amide bonds. The second kappa shape index (κ2) is 4.58. The number of ether oxygens (including phenoxy) is 1. The van der Waals surface area contributed by atoms with Gasteiger partial charge in [-0.25, -0.2) is 0 Å². The molecule has 0 saturated carbocycles. The van der Waals surface area contributed by atoms with E-state index in [1.807, 2.05) is 19.1 Å². The third-order valence-corrected chi connectivity index (χ3v) is 1.41. The summed E-state index contributed by atoms with van der Waals surface area (Å²) < 4.78 is 10.3. The van der Waals surface area contributed by atoms with E-state index in [0.29, 0.717) is 13.2 Å². The molecule has 64 valence electrons. The predicted molar refractivity (Wildman–Crippen MR) is 43.1 cm³/mol. The maximum atomic E-state index is 8.44. The van der Waals surface area contributed by atoms with Crippen molar-refractivity contribution in [2.45, 2.75) is 13.5 Å². The lowest BCUT2D eigenvalue weighted by molar-refractivity contribution is 0.0922. The van der Waals surface area contributed by atoms with Crippen molar-refractivity contribution in [2.75, 3.05) is 6.61 Å². The fraction of sp³-hybridized carbons (Fsp3) is 0.444. The molecular formula is C9H11NO2. The monoisotopic (exact) mass is 165 g/mol. The summed E-state index contributed by atoms with van der Waals surface area (Å²) in [4.78, 5) is 0. The van der Waals surface area contributed by atoms with Crippen LogP contribution in [0.2, 0.25) is 0 Å². The molecule has 0 spiro atoms. The summed E-state index contributed by atoms with van der Waals surface area (Å²) in [6.07, 6.45) is 1.60. The van der Waals surface area contributed by atoms with Gasteiger partial charge >= 0.3 is 0 Å². The fourth-order valence-electron chi connectivity index (χ4n) is 0.768. The molecule has 0 fully saturated rings. The van der Waals surface area contributed by atoms with E-state index in [1.54, 1.807) is 6.26 Å². The first-order valence-electron chi connectivity index (χ1n) is 3.82. The minimum atomic E-state index is -0.0556. The zero-order chi connectivity index (χ0) is 8.81. The molecule has 1 atom stereocenters. The Labute approximate surface area is 71.6 Å². The second-order valence-electron chi connectivity index (χ2n) is 2.62. The zero-order valence-electron chi connectivity index (χ0n) is 6.99. The first-order valence-corrected chi connectivity index (χ1v) is 3.82. The molecule has 1 unspecified atom stereocenters. The smallest absolute Gasteiger partial charge is 0.129 e. The van der Waals surface area contributed by atoms with Crippen LogP contribution in [0.5, 0.6) is 0 Å². The van der Waals surface area contributed by atoms with Gasteiger partial charge in [-0.1, -0.05) is 0 Å². The zero-order valence-corrected chi connectivity index (χ0v) is 6.99. The lowest BCUT2D eigenvalue weighted by Gasteiger charge is -2.01. The van der Waals surface area contributed by atoms with E-state index in [0.717, 1.165) is 5.76 Å². The molecule has 0 radical (unpaired) electrons. The van der Waals surface area contributed by atoms with Crippen LogP contribution in [0.15, 0.2) is 22.8 Å². The predicted octanol–water partition coefficient (Wildman–Crippen LogP) is 1.96. The Bertz CT molecular complexity index is 248. The molecule has 0 saturated heterocycles. The van der Waals surface area contributed by atoms with Crippen molar-refractivity contribution < 1.29 is 9.15 Å². The lowest BCUT2D eigenvalue weighted by atomic mass is 10.2. The van der Waals surface area contributed by atoms with Gasteiger partial charge in [-0.15, -0.1) is 0 Å². The van der Waals surface area contributed by atoms with Crippen LogP contribution in [0.25, 0.3) is 0 Å². The van der Waals surface area contributed by atoms with Crippen molar-refractivity contribution in [3.8, 4) is 6.07 Å². The first kappa shape index (κ1) is 8.82. The first-order chi connectivity index (χ1) is 5.83. The van der Waals surface area contributed by atoms with E-state index in [-0.39, 0.29) is 5.92 Å². The molecular weight excluding hydrogens is 154 g/mol. The van der Waals surface area contributed by atoms with Crippen molar-refractivity contribution in [2.24, 2.45) is 5.92 Å². The minimum absolute atomic E-state index is 0.0556. The normalized spacial score (nSPS) is 12.3. The molecule has 0 N–H and O–H groups in total. The lowest BCUT2D eigenvalue weighted by Crippen LogP contribution is -2.02. The third-order valence-electron chi connectivity index (χ3n) is 1.41. The highest BCUT2D eigenvalue weighted by Gasteiger charge is 2.00. The molecule has 0 aliphatic rings. The maximum Gasteiger partial charge on any atom is 0.129 e. The fourth-order valence-corrected chi connectivity index (χ4v) is 0.768. The van der Waals surface area contributed by atoms with E-state index in [9.17, 15) is 0 Å². The van der Waals surface area contributed by atoms with E-state index < -0.39 is 0 Å². The van der Waals surface area contributed by atoms with Gasteiger partial charge in [0.05, 0.1) is 24.9 Å². The van der Waals surface area contributed by atoms with Crippen LogP contribution in [0.4, 0.5) is 0 Å². The molecule has 1 rings (SSSR count). The third kappa shape index (κ3) is 2.77. The van der Waals surface area contributed by atoms with Crippen LogP contribution in [-0.4, -0.2) is 6.61 Å². The van der Waals surface area contributed by atoms with Crippen molar-refractivity contribution in [1.82, 2.24) is 0 Å². The Morgan fingerprint density at radius 2 is 2.58 bits per heavy atom. The maximum absolute atomic E-state index is 8.44. The van der Waals surface area contributed by atoms with Gasteiger partial charge in [0.1, 0.15) is 12.4 Å². The highest BCUT2D eigenvalue weighted by atomic mass is 16.5. The molecule has 1 heterocycles. The highest BCUT2D eigenvalue weighted by Crippen LogP contribution is 2.03. The van der Waals surface area contributed by atoms with Gasteiger partial charge in [0.2, 0.25) is 0 Å². The summed E-state index contributed by atoms with van der Waals surface area (Å²) in [6.45, 7) is 2.72. The van der Waals surface area contributed by atoms with Crippen LogP contribution in [0.3, 0.4) is 0 Å². The van der Waals surface area contributed by atoms with Gasteiger partial charge in [-0.2, -0.15) is 5.26 Å². The largest absolute Gasteiger partial charge is 0.467 e. The van der Waals surface area contributed by atoms with Crippen LogP contribution < -0.4 is 0 Å². The van der Waals surface area contributed by atoms with Crippen molar-refractivity contribution in [3.63, 3.8) is 0 Å². The van der Waals surface area contributed by atoms with E-state index in [4.69, 9.17) is 14.4 Å². The van der Waals surface area contributed by atoms with Crippen LogP contribution >= 0.6 is 0 Å². The molecule has 12 heavy (non-hydrogen) atoms. The van der Waals surface area contributed by atoms with Crippen molar-refractivity contribution in [3.05, 3.63) is 24.2 Å². The Morgan fingerprint density at radius 1 is 1.75 bits per heavy atom. The summed E-state index contributed by atoms with van der Waals surface area (Å²) in [6, 6.07) is 5.75. The van der Waals surface area contributed by atoms with Gasteiger partial charge in [-0.05, 0) is 19.1 Å². The molecule has 0 bridgehead atoms. The van der Waals surface area contributed by atoms with Crippen LogP contribution in [0.1, 0.15) is 12.7 Å². The summed E-state index contributed by atoms with van der Waals surface area (Å²) in [7, 11) is 0. The van der Waals surface area contributed by atoms with Gasteiger partial charge in [0.15, 0.2) is 0 Å². The molecule has 3 nitrogen and oxygen atoms in total. The van der Waals surface area contributed by atoms with Crippen LogP contribution in [0, 0.1) is 17.2 Å². The summed E-state index contributed by atoms with van der Waals surface area (Å²) in [5.41, 5.74) is 0. The molecule has 3 heteroatoms. The van der Waals surface area contributed by atoms with Gasteiger partial charge in [0, 0.05) is 0 Å². The Kier molecular flexibility index (Phi) is 3.36. The van der Waals surface area contributed by atoms with E-state index in [2.05, 4.69) is 6.07 Å². The van der Waals surface area contributed by atoms with E-state index >= 15 is 0 Å². The number of furan rings is 1. The highest BCUT2D eigenvalue weighted by molar-refractivity contribution is 4.96. The number of hydrogen-bond donors (Lipinski definition) is 0. The molecule has 0 aromatic carbocycles. The van der Waals surface area contributed by atoms with Gasteiger partial charge < -0.3 is 9.15 Å². The summed E-state index contributed by atoms with van der Waals surface area (Å²) in [5.74, 6) is 0.736. The van der Waals surface area contributed by atoms with E-state index in [1.165, 1.54) is 0 Å². The minimum Gasteiger partial charge on any atom is -0.467 e. The Hall–Kier alpha value is -1.27. The standard InChI is InChI=1S/C9H11NO2/c1-8(5-10)6-11-7-9-3-2-4-12-9/h2-4,8H,6-7H2,1H3. The van der Waals surface area contributed by atoms with Crippen molar-refractivity contribution >= 4 is 0 Å². The van der Waals surface area contributed by atoms with Crippen LogP contribution in [-0.2, 0) is 11.3 Å². The topological polar surface area (TPSA) is 46.2 Å². The molecule has 0 aliphatic heterocycles. The Morgan fingerprint density at radius 3 is 3.17 bits per heavy atom. The van der Waals surface area contributed by atoms with Gasteiger partial charge in [-0.3, -0.25) is 0 Å². The van der Waals surface area contributed by atoms with Crippen molar-refractivity contribution in [1.29, 1.82) is 5.26 Å². The SMILES string of the molecule is CC(C#N)COCc1ccco1. The average molecular weight is 165 g/mol. The number of rotatable bonds is 4. The molecule has 1 aromatic rings. The summed E-state index contributed by atoms with van der Waals surface area (Å²) in [5, 5.41) is 8.44. The summed E-state index contributed by atoms with van der Waals surface area (Å²) >= 11 is 0. The quantitative estimate of drug-likeness (QED) is 0.685. The Balaban J connectivity index is 2.16. The molecule has 1 aromatic heterocycles. The average Bonchev–Trinajstić information content (AvgIpc) is 2.57. The molecule has 0 aliphatic carbocycles. The van der Waals surface area contributed by atoms with Gasteiger partial charge in [0.25, 0.3) is 0 Å². The number of nitrogens with zero attached hydrogens (tertiary/aromatic N) is 1.